The van der Waals surface area contributed by atoms with E-state index in [2.05, 4.69) is 0 Å². The summed E-state index contributed by atoms with van der Waals surface area (Å²) in [5.41, 5.74) is 1.17. The molecule has 26 heavy (non-hydrogen) atoms. The van der Waals surface area contributed by atoms with Gasteiger partial charge in [-0.1, -0.05) is 64.1 Å². The smallest absolute Gasteiger partial charge is 0.267 e. The first-order chi connectivity index (χ1) is 12.4. The predicted molar refractivity (Wildman–Crippen MR) is 105 cm³/mol. The van der Waals surface area contributed by atoms with Crippen LogP contribution in [0.4, 0.5) is 0 Å². The lowest BCUT2D eigenvalue weighted by molar-refractivity contribution is -0.0128. The molecular weight excluding hydrogens is 324 g/mol. The maximum atomic E-state index is 13.2. The summed E-state index contributed by atoms with van der Waals surface area (Å²) in [5, 5.41) is 3.21. The lowest BCUT2D eigenvalue weighted by atomic mass is 10.1. The molecule has 2 aromatic rings. The first-order valence-electron chi connectivity index (χ1n) is 9.14. The highest BCUT2D eigenvalue weighted by Gasteiger charge is 2.28. The molecule has 0 spiro atoms. The summed E-state index contributed by atoms with van der Waals surface area (Å²) in [6, 6.07) is 18.3. The largest absolute Gasteiger partial charge is 0.272 e. The molecule has 0 aliphatic carbocycles. The highest BCUT2D eigenvalue weighted by molar-refractivity contribution is 5.99. The summed E-state index contributed by atoms with van der Waals surface area (Å²) in [5.74, 6) is 0.176. The van der Waals surface area contributed by atoms with Crippen LogP contribution in [-0.4, -0.2) is 34.9 Å². The molecule has 0 aromatic heterocycles. The maximum absolute atomic E-state index is 13.2. The molecule has 0 fully saturated rings. The Hall–Kier alpha value is -2.62. The van der Waals surface area contributed by atoms with Crippen molar-refractivity contribution in [3.05, 3.63) is 71.8 Å². The van der Waals surface area contributed by atoms with Gasteiger partial charge >= 0.3 is 0 Å². The van der Waals surface area contributed by atoms with Crippen LogP contribution in [0.1, 0.15) is 48.4 Å². The van der Waals surface area contributed by atoms with Crippen molar-refractivity contribution in [2.45, 2.75) is 27.7 Å². The van der Waals surface area contributed by atoms with Crippen molar-refractivity contribution < 1.29 is 9.59 Å². The third kappa shape index (κ3) is 5.19. The molecule has 0 atom stereocenters. The van der Waals surface area contributed by atoms with Crippen LogP contribution in [0.2, 0.25) is 0 Å². The van der Waals surface area contributed by atoms with Crippen LogP contribution in [0, 0.1) is 11.8 Å². The molecule has 0 saturated heterocycles. The number of benzene rings is 2. The first kappa shape index (κ1) is 19.7. The fraction of sp³-hybridized carbons (Fsp3) is 0.364. The number of amides is 2. The van der Waals surface area contributed by atoms with Crippen LogP contribution in [0.25, 0.3) is 0 Å². The second-order valence-corrected chi connectivity index (χ2v) is 7.29. The second kappa shape index (κ2) is 9.18. The Morgan fingerprint density at radius 1 is 0.654 bits per heavy atom. The van der Waals surface area contributed by atoms with Gasteiger partial charge in [-0.05, 0) is 36.1 Å². The Morgan fingerprint density at radius 2 is 0.962 bits per heavy atom. The molecule has 0 N–H and O–H groups in total. The first-order valence-corrected chi connectivity index (χ1v) is 9.14. The molecule has 0 bridgehead atoms. The zero-order chi connectivity index (χ0) is 19.1. The summed E-state index contributed by atoms with van der Waals surface area (Å²) in [6.07, 6.45) is 0. The van der Waals surface area contributed by atoms with Gasteiger partial charge in [0, 0.05) is 24.2 Å². The van der Waals surface area contributed by atoms with Crippen LogP contribution in [0.5, 0.6) is 0 Å². The summed E-state index contributed by atoms with van der Waals surface area (Å²) < 4.78 is 0. The molecule has 0 unspecified atom stereocenters. The van der Waals surface area contributed by atoms with Gasteiger partial charge in [0.15, 0.2) is 0 Å². The van der Waals surface area contributed by atoms with Gasteiger partial charge in [0.2, 0.25) is 0 Å². The third-order valence-corrected chi connectivity index (χ3v) is 3.88. The average Bonchev–Trinajstić information content (AvgIpc) is 2.64. The number of carbonyl (C=O) groups is 2. The van der Waals surface area contributed by atoms with E-state index in [-0.39, 0.29) is 23.7 Å². The van der Waals surface area contributed by atoms with Gasteiger partial charge < -0.3 is 0 Å². The van der Waals surface area contributed by atoms with Gasteiger partial charge in [0.25, 0.3) is 11.8 Å². The van der Waals surface area contributed by atoms with Crippen LogP contribution >= 0.6 is 0 Å². The van der Waals surface area contributed by atoms with Crippen molar-refractivity contribution >= 4 is 11.8 Å². The quantitative estimate of drug-likeness (QED) is 0.718. The molecule has 2 amide bonds. The summed E-state index contributed by atoms with van der Waals surface area (Å²) in [7, 11) is 0. The van der Waals surface area contributed by atoms with E-state index in [0.717, 1.165) is 0 Å². The Morgan fingerprint density at radius 3 is 1.23 bits per heavy atom. The van der Waals surface area contributed by atoms with Gasteiger partial charge in [-0.15, -0.1) is 0 Å². The minimum absolute atomic E-state index is 0.149. The van der Waals surface area contributed by atoms with Crippen molar-refractivity contribution in [3.63, 3.8) is 0 Å². The number of hydrazine groups is 1. The normalized spacial score (nSPS) is 10.8. The van der Waals surface area contributed by atoms with Gasteiger partial charge in [-0.3, -0.25) is 9.59 Å². The van der Waals surface area contributed by atoms with E-state index >= 15 is 0 Å². The number of carbonyl (C=O) groups excluding carboxylic acids is 2. The monoisotopic (exact) mass is 352 g/mol. The standard InChI is InChI=1S/C22H28N2O2/c1-17(2)15-23(21(25)19-11-7-5-8-12-19)24(16-18(3)4)22(26)20-13-9-6-10-14-20/h5-14,17-18H,15-16H2,1-4H3. The SMILES string of the molecule is CC(C)CN(C(=O)c1ccccc1)N(CC(C)C)C(=O)c1ccccc1. The van der Waals surface area contributed by atoms with Crippen LogP contribution in [-0.2, 0) is 0 Å². The van der Waals surface area contributed by atoms with Gasteiger partial charge in [0.05, 0.1) is 0 Å². The van der Waals surface area contributed by atoms with E-state index in [1.165, 1.54) is 0 Å². The number of hydrogen-bond donors (Lipinski definition) is 0. The predicted octanol–water partition coefficient (Wildman–Crippen LogP) is 4.50. The fourth-order valence-corrected chi connectivity index (χ4v) is 2.73. The topological polar surface area (TPSA) is 40.6 Å². The maximum Gasteiger partial charge on any atom is 0.272 e. The molecule has 4 nitrogen and oxygen atoms in total. The Bertz CT molecular complexity index is 648. The zero-order valence-electron chi connectivity index (χ0n) is 16.1. The highest BCUT2D eigenvalue weighted by Crippen LogP contribution is 2.16. The fourth-order valence-electron chi connectivity index (χ4n) is 2.73. The minimum atomic E-state index is -0.149. The number of rotatable bonds is 6. The molecule has 0 saturated carbocycles. The van der Waals surface area contributed by atoms with E-state index in [1.54, 1.807) is 34.3 Å². The summed E-state index contributed by atoms with van der Waals surface area (Å²) in [6.45, 7) is 9.16. The lowest BCUT2D eigenvalue weighted by Crippen LogP contribution is -2.52. The molecule has 0 aliphatic heterocycles. The second-order valence-electron chi connectivity index (χ2n) is 7.29. The summed E-state index contributed by atoms with van der Waals surface area (Å²) >= 11 is 0. The zero-order valence-corrected chi connectivity index (χ0v) is 16.1. The molecule has 138 valence electrons. The third-order valence-electron chi connectivity index (χ3n) is 3.88. The minimum Gasteiger partial charge on any atom is -0.267 e. The Kier molecular flexibility index (Phi) is 6.96. The molecular formula is C22H28N2O2. The van der Waals surface area contributed by atoms with Gasteiger partial charge in [0.1, 0.15) is 0 Å². The molecule has 2 rings (SSSR count). The lowest BCUT2D eigenvalue weighted by Gasteiger charge is -2.37. The van der Waals surface area contributed by atoms with Crippen LogP contribution < -0.4 is 0 Å². The molecule has 0 radical (unpaired) electrons. The van der Waals surface area contributed by atoms with E-state index < -0.39 is 0 Å². The van der Waals surface area contributed by atoms with Crippen LogP contribution in [0.15, 0.2) is 60.7 Å². The van der Waals surface area contributed by atoms with E-state index in [9.17, 15) is 9.59 Å². The van der Waals surface area contributed by atoms with Crippen molar-refractivity contribution in [1.29, 1.82) is 0 Å². The van der Waals surface area contributed by atoms with Crippen molar-refractivity contribution in [3.8, 4) is 0 Å². The van der Waals surface area contributed by atoms with E-state index in [0.29, 0.717) is 24.2 Å². The summed E-state index contributed by atoms with van der Waals surface area (Å²) in [4.78, 5) is 26.3. The Labute approximate surface area is 156 Å². The van der Waals surface area contributed by atoms with Crippen molar-refractivity contribution in [2.24, 2.45) is 11.8 Å². The molecule has 0 aliphatic rings. The van der Waals surface area contributed by atoms with E-state index in [4.69, 9.17) is 0 Å². The van der Waals surface area contributed by atoms with Gasteiger partial charge in [-0.25, -0.2) is 10.0 Å². The molecule has 0 heterocycles. The number of nitrogens with zero attached hydrogens (tertiary/aromatic N) is 2. The van der Waals surface area contributed by atoms with Crippen molar-refractivity contribution in [2.75, 3.05) is 13.1 Å². The molecule has 4 heteroatoms. The van der Waals surface area contributed by atoms with Crippen molar-refractivity contribution in [1.82, 2.24) is 10.0 Å². The average molecular weight is 352 g/mol. The highest BCUT2D eigenvalue weighted by atomic mass is 16.2. The number of hydrogen-bond acceptors (Lipinski definition) is 2. The Balaban J connectivity index is 2.41. The van der Waals surface area contributed by atoms with E-state index in [1.807, 2.05) is 64.1 Å². The van der Waals surface area contributed by atoms with Gasteiger partial charge in [-0.2, -0.15) is 0 Å². The molecule has 2 aromatic carbocycles. The van der Waals surface area contributed by atoms with Crippen LogP contribution in [0.3, 0.4) is 0 Å².